The van der Waals surface area contributed by atoms with E-state index in [4.69, 9.17) is 4.42 Å². The topological polar surface area (TPSA) is 82.9 Å². The van der Waals surface area contributed by atoms with Crippen LogP contribution in [0.15, 0.2) is 22.8 Å². The van der Waals surface area contributed by atoms with Gasteiger partial charge in [-0.1, -0.05) is 0 Å². The first-order valence-electron chi connectivity index (χ1n) is 6.41. The smallest absolute Gasteiger partial charge is 0.289 e. The van der Waals surface area contributed by atoms with Gasteiger partial charge in [0, 0.05) is 20.1 Å². The van der Waals surface area contributed by atoms with E-state index in [0.29, 0.717) is 19.5 Å². The second kappa shape index (κ2) is 6.23. The number of nitrogens with one attached hydrogen (secondary N) is 1. The van der Waals surface area contributed by atoms with Gasteiger partial charge < -0.3 is 19.5 Å². The summed E-state index contributed by atoms with van der Waals surface area (Å²) in [5, 5.41) is 2.70. The number of amides is 3. The molecule has 0 unspecified atom stereocenters. The van der Waals surface area contributed by atoms with E-state index in [9.17, 15) is 14.4 Å². The van der Waals surface area contributed by atoms with Crippen molar-refractivity contribution in [3.8, 4) is 0 Å². The Morgan fingerprint density at radius 3 is 3.00 bits per heavy atom. The average molecular weight is 279 g/mol. The van der Waals surface area contributed by atoms with Crippen LogP contribution in [0.3, 0.4) is 0 Å². The summed E-state index contributed by atoms with van der Waals surface area (Å²) in [7, 11) is 1.53. The van der Waals surface area contributed by atoms with Gasteiger partial charge in [-0.15, -0.1) is 0 Å². The van der Waals surface area contributed by atoms with E-state index in [2.05, 4.69) is 5.32 Å². The molecule has 0 bridgehead atoms. The maximum absolute atomic E-state index is 12.1. The summed E-state index contributed by atoms with van der Waals surface area (Å²) in [5.74, 6) is -0.586. The molecule has 108 valence electrons. The fraction of sp³-hybridized carbons (Fsp3) is 0.462. The van der Waals surface area contributed by atoms with Gasteiger partial charge in [0.15, 0.2) is 5.76 Å². The van der Waals surface area contributed by atoms with Crippen molar-refractivity contribution in [2.24, 2.45) is 0 Å². The molecule has 1 aliphatic heterocycles. The quantitative estimate of drug-likeness (QED) is 0.823. The predicted octanol–water partition coefficient (Wildman–Crippen LogP) is -0.300. The Balaban J connectivity index is 1.93. The fourth-order valence-corrected chi connectivity index (χ4v) is 1.98. The minimum atomic E-state index is -0.359. The third kappa shape index (κ3) is 3.37. The van der Waals surface area contributed by atoms with Crippen molar-refractivity contribution in [2.75, 3.05) is 33.2 Å². The van der Waals surface area contributed by atoms with Crippen molar-refractivity contribution < 1.29 is 18.8 Å². The van der Waals surface area contributed by atoms with Crippen LogP contribution in [0.25, 0.3) is 0 Å². The molecular weight excluding hydrogens is 262 g/mol. The minimum Gasteiger partial charge on any atom is -0.459 e. The molecule has 0 aromatic carbocycles. The van der Waals surface area contributed by atoms with E-state index >= 15 is 0 Å². The Bertz CT molecular complexity index is 498. The lowest BCUT2D eigenvalue weighted by Crippen LogP contribution is -2.43. The summed E-state index contributed by atoms with van der Waals surface area (Å²) in [6.07, 6.45) is 2.12. The molecule has 0 spiro atoms. The van der Waals surface area contributed by atoms with Crippen LogP contribution >= 0.6 is 0 Å². The Hall–Kier alpha value is -2.31. The molecule has 2 rings (SSSR count). The highest BCUT2D eigenvalue weighted by atomic mass is 16.3. The molecule has 7 heteroatoms. The maximum Gasteiger partial charge on any atom is 0.289 e. The monoisotopic (exact) mass is 279 g/mol. The minimum absolute atomic E-state index is 0.0433. The molecule has 0 radical (unpaired) electrons. The van der Waals surface area contributed by atoms with Crippen LogP contribution in [0, 0.1) is 0 Å². The van der Waals surface area contributed by atoms with Crippen molar-refractivity contribution in [1.82, 2.24) is 15.1 Å². The van der Waals surface area contributed by atoms with E-state index in [1.165, 1.54) is 23.1 Å². The number of carbonyl (C=O) groups is 3. The van der Waals surface area contributed by atoms with Crippen LogP contribution in [0.4, 0.5) is 0 Å². The van der Waals surface area contributed by atoms with Crippen LogP contribution in [0.5, 0.6) is 0 Å². The lowest BCUT2D eigenvalue weighted by Gasteiger charge is -2.22. The van der Waals surface area contributed by atoms with Crippen molar-refractivity contribution in [3.05, 3.63) is 24.2 Å². The van der Waals surface area contributed by atoms with E-state index < -0.39 is 0 Å². The van der Waals surface area contributed by atoms with Gasteiger partial charge in [-0.2, -0.15) is 0 Å². The van der Waals surface area contributed by atoms with Crippen LogP contribution in [0.2, 0.25) is 0 Å². The highest BCUT2D eigenvalue weighted by Gasteiger charge is 2.23. The van der Waals surface area contributed by atoms with E-state index in [-0.39, 0.29) is 36.6 Å². The van der Waals surface area contributed by atoms with Crippen molar-refractivity contribution in [1.29, 1.82) is 0 Å². The molecule has 1 N–H and O–H groups in total. The number of hydrogen-bond acceptors (Lipinski definition) is 4. The maximum atomic E-state index is 12.1. The highest BCUT2D eigenvalue weighted by molar-refractivity contribution is 5.94. The Morgan fingerprint density at radius 2 is 2.30 bits per heavy atom. The lowest BCUT2D eigenvalue weighted by molar-refractivity contribution is -0.135. The number of furan rings is 1. The van der Waals surface area contributed by atoms with Gasteiger partial charge in [-0.25, -0.2) is 0 Å². The number of nitrogens with zero attached hydrogens (tertiary/aromatic N) is 2. The van der Waals surface area contributed by atoms with Crippen LogP contribution < -0.4 is 5.32 Å². The summed E-state index contributed by atoms with van der Waals surface area (Å²) in [6, 6.07) is 3.16. The van der Waals surface area contributed by atoms with Crippen LogP contribution in [-0.4, -0.2) is 60.7 Å². The lowest BCUT2D eigenvalue weighted by atomic mass is 10.3. The molecule has 3 amide bonds. The largest absolute Gasteiger partial charge is 0.459 e. The van der Waals surface area contributed by atoms with Crippen LogP contribution in [-0.2, 0) is 9.59 Å². The number of hydrogen-bond donors (Lipinski definition) is 1. The van der Waals surface area contributed by atoms with E-state index in [1.54, 1.807) is 12.1 Å². The zero-order chi connectivity index (χ0) is 14.5. The third-order valence-corrected chi connectivity index (χ3v) is 3.07. The van der Waals surface area contributed by atoms with E-state index in [0.717, 1.165) is 0 Å². The van der Waals surface area contributed by atoms with Gasteiger partial charge in [0.25, 0.3) is 5.91 Å². The molecule has 20 heavy (non-hydrogen) atoms. The summed E-state index contributed by atoms with van der Waals surface area (Å²) >= 11 is 0. The summed E-state index contributed by atoms with van der Waals surface area (Å²) in [6.45, 7) is 1.05. The summed E-state index contributed by atoms with van der Waals surface area (Å²) < 4.78 is 5.00. The fourth-order valence-electron chi connectivity index (χ4n) is 1.98. The summed E-state index contributed by atoms with van der Waals surface area (Å²) in [4.78, 5) is 38.2. The van der Waals surface area contributed by atoms with Gasteiger partial charge in [-0.3, -0.25) is 14.4 Å². The van der Waals surface area contributed by atoms with Gasteiger partial charge in [0.2, 0.25) is 11.8 Å². The second-order valence-electron chi connectivity index (χ2n) is 4.66. The number of likely N-dealkylation sites (N-methyl/N-ethyl adjacent to an activating group) is 1. The van der Waals surface area contributed by atoms with Crippen molar-refractivity contribution in [3.63, 3.8) is 0 Å². The first kappa shape index (κ1) is 14.1. The van der Waals surface area contributed by atoms with Gasteiger partial charge in [0.1, 0.15) is 0 Å². The number of carbonyl (C=O) groups excluding carboxylic acids is 3. The molecule has 0 atom stereocenters. The zero-order valence-electron chi connectivity index (χ0n) is 11.3. The molecule has 2 heterocycles. The SMILES string of the molecule is CN(CC(=O)N1CCCNC(=O)C1)C(=O)c1ccco1. The molecule has 1 saturated heterocycles. The first-order valence-corrected chi connectivity index (χ1v) is 6.41. The van der Waals surface area contributed by atoms with Gasteiger partial charge in [0.05, 0.1) is 19.4 Å². The number of rotatable bonds is 3. The first-order chi connectivity index (χ1) is 9.58. The Morgan fingerprint density at radius 1 is 1.50 bits per heavy atom. The molecule has 1 aromatic rings. The van der Waals surface area contributed by atoms with Gasteiger partial charge >= 0.3 is 0 Å². The molecule has 0 saturated carbocycles. The van der Waals surface area contributed by atoms with E-state index in [1.807, 2.05) is 0 Å². The molecule has 1 fully saturated rings. The van der Waals surface area contributed by atoms with Crippen molar-refractivity contribution in [2.45, 2.75) is 6.42 Å². The molecular formula is C13H17N3O4. The molecule has 0 aliphatic carbocycles. The zero-order valence-corrected chi connectivity index (χ0v) is 11.3. The van der Waals surface area contributed by atoms with Gasteiger partial charge in [-0.05, 0) is 18.6 Å². The Labute approximate surface area is 116 Å². The molecule has 1 aromatic heterocycles. The van der Waals surface area contributed by atoms with Crippen LogP contribution in [0.1, 0.15) is 17.0 Å². The molecule has 7 nitrogen and oxygen atoms in total. The van der Waals surface area contributed by atoms with Crippen molar-refractivity contribution >= 4 is 17.7 Å². The standard InChI is InChI=1S/C13H17N3O4/c1-15(13(19)10-4-2-7-20-10)9-12(18)16-6-3-5-14-11(17)8-16/h2,4,7H,3,5-6,8-9H2,1H3,(H,14,17). The highest BCUT2D eigenvalue weighted by Crippen LogP contribution is 2.05. The third-order valence-electron chi connectivity index (χ3n) is 3.07. The normalized spacial score (nSPS) is 15.4. The average Bonchev–Trinajstić information content (AvgIpc) is 2.86. The molecule has 1 aliphatic rings. The second-order valence-corrected chi connectivity index (χ2v) is 4.66. The Kier molecular flexibility index (Phi) is 4.39. The predicted molar refractivity (Wildman–Crippen MR) is 69.9 cm³/mol. The summed E-state index contributed by atoms with van der Waals surface area (Å²) in [5.41, 5.74) is 0.